The lowest BCUT2D eigenvalue weighted by Crippen LogP contribution is -2.50. The number of halogens is 3. The fourth-order valence-corrected chi connectivity index (χ4v) is 7.00. The number of benzene rings is 2. The van der Waals surface area contributed by atoms with Gasteiger partial charge in [0.05, 0.1) is 16.5 Å². The number of likely N-dealkylation sites (tertiary alicyclic amines) is 2. The van der Waals surface area contributed by atoms with E-state index in [2.05, 4.69) is 47.9 Å². The number of rotatable bonds is 8. The molecule has 2 aromatic rings. The van der Waals surface area contributed by atoms with Gasteiger partial charge in [-0.3, -0.25) is 9.59 Å². The first-order valence-electron chi connectivity index (χ1n) is 14.3. The molecule has 2 saturated heterocycles. The SMILES string of the molecule is Cc1cc(C)cc(CC(=O)N2CCCC(c3ccc(Cl)c(Cl)c3)C2CCN2CCC(C(C)(C)C(N)=O)CC2)c1.Cl. The molecule has 220 valence electrons. The van der Waals surface area contributed by atoms with E-state index >= 15 is 0 Å². The van der Waals surface area contributed by atoms with Crippen LogP contribution in [0.15, 0.2) is 36.4 Å². The smallest absolute Gasteiger partial charge is 0.227 e. The lowest BCUT2D eigenvalue weighted by molar-refractivity contribution is -0.135. The van der Waals surface area contributed by atoms with Crippen LogP contribution in [0.2, 0.25) is 10.0 Å². The van der Waals surface area contributed by atoms with Gasteiger partial charge in [-0.25, -0.2) is 0 Å². The summed E-state index contributed by atoms with van der Waals surface area (Å²) in [7, 11) is 0. The average Bonchev–Trinajstić information content (AvgIpc) is 2.88. The van der Waals surface area contributed by atoms with Gasteiger partial charge in [-0.1, -0.05) is 72.4 Å². The molecule has 4 rings (SSSR count). The minimum Gasteiger partial charge on any atom is -0.369 e. The molecule has 2 aliphatic heterocycles. The van der Waals surface area contributed by atoms with Crippen molar-refractivity contribution in [3.05, 3.63) is 68.7 Å². The van der Waals surface area contributed by atoms with Crippen LogP contribution in [0.25, 0.3) is 0 Å². The second-order valence-electron chi connectivity index (χ2n) is 12.2. The standard InChI is InChI=1S/C32H43Cl2N3O2.ClH/c1-21-16-22(2)18-23(17-21)19-30(38)37-12-5-6-26(24-7-8-27(33)28(34)20-24)29(37)11-15-36-13-9-25(10-14-36)32(3,4)31(35)39;/h7-8,16-18,20,25-26,29H,5-6,9-15,19H2,1-4H3,(H2,35,39);1H. The molecule has 2 aromatic carbocycles. The number of piperidine rings is 2. The van der Waals surface area contributed by atoms with Gasteiger partial charge >= 0.3 is 0 Å². The number of nitrogens with two attached hydrogens (primary N) is 1. The molecule has 5 nitrogen and oxygen atoms in total. The van der Waals surface area contributed by atoms with Crippen LogP contribution in [0.1, 0.15) is 74.1 Å². The Labute approximate surface area is 256 Å². The Morgan fingerprint density at radius 1 is 0.950 bits per heavy atom. The lowest BCUT2D eigenvalue weighted by Gasteiger charge is -2.44. The number of aryl methyl sites for hydroxylation is 2. The molecule has 0 radical (unpaired) electrons. The minimum atomic E-state index is -0.480. The molecular weight excluding hydrogens is 565 g/mol. The summed E-state index contributed by atoms with van der Waals surface area (Å²) < 4.78 is 0. The van der Waals surface area contributed by atoms with Crippen LogP contribution in [-0.2, 0) is 16.0 Å². The first-order chi connectivity index (χ1) is 18.5. The molecule has 2 N–H and O–H groups in total. The number of amides is 2. The highest BCUT2D eigenvalue weighted by Crippen LogP contribution is 2.38. The highest BCUT2D eigenvalue weighted by Gasteiger charge is 2.38. The molecule has 0 saturated carbocycles. The van der Waals surface area contributed by atoms with Crippen molar-refractivity contribution in [1.82, 2.24) is 9.80 Å². The van der Waals surface area contributed by atoms with E-state index < -0.39 is 5.41 Å². The largest absolute Gasteiger partial charge is 0.369 e. The van der Waals surface area contributed by atoms with Crippen LogP contribution < -0.4 is 5.73 Å². The van der Waals surface area contributed by atoms with Crippen LogP contribution in [-0.4, -0.2) is 53.8 Å². The number of carbonyl (C=O) groups excluding carboxylic acids is 2. The normalized spacial score (nSPS) is 20.7. The van der Waals surface area contributed by atoms with Gasteiger partial charge in [0.2, 0.25) is 11.8 Å². The summed E-state index contributed by atoms with van der Waals surface area (Å²) in [6, 6.07) is 12.4. The first kappa shape index (κ1) is 32.7. The topological polar surface area (TPSA) is 66.6 Å². The Morgan fingerprint density at radius 2 is 1.60 bits per heavy atom. The molecule has 0 spiro atoms. The fraction of sp³-hybridized carbons (Fsp3) is 0.562. The van der Waals surface area contributed by atoms with Crippen molar-refractivity contribution in [2.24, 2.45) is 17.1 Å². The zero-order chi connectivity index (χ0) is 28.3. The molecule has 2 heterocycles. The fourth-order valence-electron chi connectivity index (χ4n) is 6.70. The number of carbonyl (C=O) groups is 2. The first-order valence-corrected chi connectivity index (χ1v) is 15.0. The van der Waals surface area contributed by atoms with Crippen molar-refractivity contribution in [3.8, 4) is 0 Å². The van der Waals surface area contributed by atoms with E-state index in [-0.39, 0.29) is 36.2 Å². The van der Waals surface area contributed by atoms with E-state index in [1.165, 1.54) is 11.1 Å². The predicted octanol–water partition coefficient (Wildman–Crippen LogP) is 6.96. The number of nitrogens with zero attached hydrogens (tertiary/aromatic N) is 2. The predicted molar refractivity (Wildman–Crippen MR) is 168 cm³/mol. The Bertz CT molecular complexity index is 1170. The molecule has 40 heavy (non-hydrogen) atoms. The maximum atomic E-state index is 13.8. The highest BCUT2D eigenvalue weighted by molar-refractivity contribution is 6.42. The highest BCUT2D eigenvalue weighted by atomic mass is 35.5. The van der Waals surface area contributed by atoms with Crippen LogP contribution in [0.5, 0.6) is 0 Å². The summed E-state index contributed by atoms with van der Waals surface area (Å²) in [5.41, 5.74) is 9.81. The van der Waals surface area contributed by atoms with Crippen LogP contribution in [0.4, 0.5) is 0 Å². The van der Waals surface area contributed by atoms with Crippen LogP contribution >= 0.6 is 35.6 Å². The van der Waals surface area contributed by atoms with E-state index in [0.29, 0.717) is 22.4 Å². The van der Waals surface area contributed by atoms with Gasteiger partial charge in [-0.15, -0.1) is 12.4 Å². The van der Waals surface area contributed by atoms with Crippen molar-refractivity contribution >= 4 is 47.4 Å². The third-order valence-corrected chi connectivity index (χ3v) is 9.83. The molecule has 0 bridgehead atoms. The van der Waals surface area contributed by atoms with Gasteiger partial charge in [0.1, 0.15) is 0 Å². The quantitative estimate of drug-likeness (QED) is 0.352. The number of primary amides is 1. The Morgan fingerprint density at radius 3 is 2.20 bits per heavy atom. The summed E-state index contributed by atoms with van der Waals surface area (Å²) in [5, 5.41) is 1.11. The Kier molecular flexibility index (Phi) is 11.4. The maximum absolute atomic E-state index is 13.8. The monoisotopic (exact) mass is 607 g/mol. The van der Waals surface area contributed by atoms with E-state index in [0.717, 1.165) is 69.4 Å². The molecule has 8 heteroatoms. The van der Waals surface area contributed by atoms with E-state index in [4.69, 9.17) is 28.9 Å². The van der Waals surface area contributed by atoms with Gasteiger partial charge in [0, 0.05) is 30.5 Å². The minimum absolute atomic E-state index is 0. The average molecular weight is 609 g/mol. The van der Waals surface area contributed by atoms with Crippen molar-refractivity contribution < 1.29 is 9.59 Å². The van der Waals surface area contributed by atoms with Gasteiger partial charge in [0.25, 0.3) is 0 Å². The summed E-state index contributed by atoms with van der Waals surface area (Å²) in [4.78, 5) is 30.4. The van der Waals surface area contributed by atoms with Crippen LogP contribution in [0.3, 0.4) is 0 Å². The molecule has 2 aliphatic rings. The summed E-state index contributed by atoms with van der Waals surface area (Å²) >= 11 is 12.7. The molecule has 2 amide bonds. The van der Waals surface area contributed by atoms with E-state index in [9.17, 15) is 9.59 Å². The van der Waals surface area contributed by atoms with E-state index in [1.54, 1.807) is 0 Å². The molecular formula is C32H44Cl3N3O2. The van der Waals surface area contributed by atoms with E-state index in [1.807, 2.05) is 26.0 Å². The second kappa shape index (κ2) is 13.9. The van der Waals surface area contributed by atoms with Gasteiger partial charge in [-0.05, 0) is 88.2 Å². The van der Waals surface area contributed by atoms with Gasteiger partial charge in [-0.2, -0.15) is 0 Å². The van der Waals surface area contributed by atoms with Crippen molar-refractivity contribution in [2.45, 2.75) is 78.2 Å². The van der Waals surface area contributed by atoms with Crippen molar-refractivity contribution in [3.63, 3.8) is 0 Å². The third-order valence-electron chi connectivity index (χ3n) is 9.09. The molecule has 2 atom stereocenters. The summed E-state index contributed by atoms with van der Waals surface area (Å²) in [5.74, 6) is 0.492. The number of hydrogen-bond donors (Lipinski definition) is 1. The summed E-state index contributed by atoms with van der Waals surface area (Å²) in [6.45, 7) is 11.7. The Hall–Kier alpha value is -1.79. The molecule has 2 unspecified atom stereocenters. The van der Waals surface area contributed by atoms with Crippen LogP contribution in [0, 0.1) is 25.2 Å². The zero-order valence-electron chi connectivity index (χ0n) is 24.2. The molecule has 0 aromatic heterocycles. The summed E-state index contributed by atoms with van der Waals surface area (Å²) in [6.07, 6.45) is 5.23. The third kappa shape index (κ3) is 7.73. The van der Waals surface area contributed by atoms with Crippen molar-refractivity contribution in [2.75, 3.05) is 26.2 Å². The molecule has 2 fully saturated rings. The lowest BCUT2D eigenvalue weighted by atomic mass is 9.73. The van der Waals surface area contributed by atoms with Gasteiger partial charge < -0.3 is 15.5 Å². The zero-order valence-corrected chi connectivity index (χ0v) is 26.5. The van der Waals surface area contributed by atoms with Gasteiger partial charge in [0.15, 0.2) is 0 Å². The maximum Gasteiger partial charge on any atom is 0.227 e. The Balaban J connectivity index is 0.00000441. The molecule has 0 aliphatic carbocycles. The second-order valence-corrected chi connectivity index (χ2v) is 13.1. The van der Waals surface area contributed by atoms with Crippen molar-refractivity contribution in [1.29, 1.82) is 0 Å². The number of hydrogen-bond acceptors (Lipinski definition) is 3.